The van der Waals surface area contributed by atoms with Gasteiger partial charge in [0.1, 0.15) is 5.75 Å². The topological polar surface area (TPSA) is 34.1 Å². The van der Waals surface area contributed by atoms with E-state index in [1.54, 1.807) is 7.11 Å². The lowest BCUT2D eigenvalue weighted by atomic mass is 10.1. The number of ether oxygens (including phenoxy) is 1. The highest BCUT2D eigenvalue weighted by atomic mass is 16.5. The fourth-order valence-corrected chi connectivity index (χ4v) is 2.40. The number of pyridine rings is 1. The first-order valence-corrected chi connectivity index (χ1v) is 6.99. The van der Waals surface area contributed by atoms with E-state index in [0.717, 1.165) is 34.6 Å². The quantitative estimate of drug-likeness (QED) is 0.778. The van der Waals surface area contributed by atoms with Crippen molar-refractivity contribution in [2.45, 2.75) is 13.5 Å². The lowest BCUT2D eigenvalue weighted by molar-refractivity contribution is 0.415. The second-order valence-electron chi connectivity index (χ2n) is 5.03. The summed E-state index contributed by atoms with van der Waals surface area (Å²) >= 11 is 0. The van der Waals surface area contributed by atoms with Gasteiger partial charge < -0.3 is 10.1 Å². The molecule has 1 aromatic heterocycles. The van der Waals surface area contributed by atoms with Crippen LogP contribution in [-0.4, -0.2) is 12.1 Å². The minimum absolute atomic E-state index is 0.788. The maximum absolute atomic E-state index is 5.31. The molecule has 0 aliphatic rings. The van der Waals surface area contributed by atoms with E-state index in [-0.39, 0.29) is 0 Å². The van der Waals surface area contributed by atoms with Crippen LogP contribution >= 0.6 is 0 Å². The van der Waals surface area contributed by atoms with Crippen LogP contribution in [0.15, 0.2) is 54.6 Å². The van der Waals surface area contributed by atoms with Gasteiger partial charge in [0.05, 0.1) is 12.6 Å². The molecule has 0 bridgehead atoms. The minimum Gasteiger partial charge on any atom is -0.497 e. The Hall–Kier alpha value is -2.55. The molecule has 0 saturated carbocycles. The first-order chi connectivity index (χ1) is 10.3. The van der Waals surface area contributed by atoms with Gasteiger partial charge in [0.2, 0.25) is 0 Å². The van der Waals surface area contributed by atoms with E-state index in [4.69, 9.17) is 4.74 Å². The van der Waals surface area contributed by atoms with Gasteiger partial charge in [0.15, 0.2) is 0 Å². The third-order valence-corrected chi connectivity index (χ3v) is 3.47. The van der Waals surface area contributed by atoms with Crippen molar-refractivity contribution in [3.63, 3.8) is 0 Å². The lowest BCUT2D eigenvalue weighted by Crippen LogP contribution is -2.01. The van der Waals surface area contributed by atoms with Crippen molar-refractivity contribution in [1.82, 2.24) is 4.98 Å². The highest BCUT2D eigenvalue weighted by molar-refractivity contribution is 5.92. The third-order valence-electron chi connectivity index (χ3n) is 3.47. The predicted molar refractivity (Wildman–Crippen MR) is 86.8 cm³/mol. The number of nitrogens with one attached hydrogen (secondary N) is 1. The van der Waals surface area contributed by atoms with E-state index < -0.39 is 0 Å². The maximum atomic E-state index is 5.31. The molecule has 2 aromatic carbocycles. The van der Waals surface area contributed by atoms with Gasteiger partial charge in [-0.2, -0.15) is 0 Å². The molecule has 3 aromatic rings. The molecular weight excluding hydrogens is 260 g/mol. The van der Waals surface area contributed by atoms with E-state index in [0.29, 0.717) is 0 Å². The second-order valence-corrected chi connectivity index (χ2v) is 5.03. The minimum atomic E-state index is 0.788. The van der Waals surface area contributed by atoms with Crippen molar-refractivity contribution in [3.8, 4) is 5.75 Å². The van der Waals surface area contributed by atoms with Gasteiger partial charge in [0.25, 0.3) is 0 Å². The molecule has 0 unspecified atom stereocenters. The van der Waals surface area contributed by atoms with Gasteiger partial charge in [-0.15, -0.1) is 0 Å². The first-order valence-electron chi connectivity index (χ1n) is 6.99. The number of hydrogen-bond donors (Lipinski definition) is 1. The number of anilines is 1. The van der Waals surface area contributed by atoms with E-state index in [1.807, 2.05) is 31.2 Å². The van der Waals surface area contributed by atoms with Gasteiger partial charge in [-0.25, -0.2) is 0 Å². The highest BCUT2D eigenvalue weighted by Crippen LogP contribution is 2.27. The first kappa shape index (κ1) is 13.4. The molecule has 0 saturated heterocycles. The average Bonchev–Trinajstić information content (AvgIpc) is 2.53. The Morgan fingerprint density at radius 2 is 1.86 bits per heavy atom. The van der Waals surface area contributed by atoms with Crippen LogP contribution in [0.5, 0.6) is 5.75 Å². The fourth-order valence-electron chi connectivity index (χ4n) is 2.40. The smallest absolute Gasteiger partial charge is 0.119 e. The molecule has 0 aliphatic heterocycles. The molecule has 0 atom stereocenters. The Kier molecular flexibility index (Phi) is 3.73. The van der Waals surface area contributed by atoms with Gasteiger partial charge in [-0.1, -0.05) is 30.3 Å². The fraction of sp³-hybridized carbons (Fsp3) is 0.167. The average molecular weight is 278 g/mol. The highest BCUT2D eigenvalue weighted by Gasteiger charge is 2.05. The van der Waals surface area contributed by atoms with Crippen molar-refractivity contribution >= 4 is 16.6 Å². The van der Waals surface area contributed by atoms with Crippen LogP contribution in [0.3, 0.4) is 0 Å². The summed E-state index contributed by atoms with van der Waals surface area (Å²) in [6.45, 7) is 2.80. The number of hydrogen-bond acceptors (Lipinski definition) is 3. The van der Waals surface area contributed by atoms with Crippen LogP contribution in [0.4, 0.5) is 5.69 Å². The maximum Gasteiger partial charge on any atom is 0.119 e. The van der Waals surface area contributed by atoms with Gasteiger partial charge in [-0.05, 0) is 36.8 Å². The summed E-state index contributed by atoms with van der Waals surface area (Å²) in [5.41, 5.74) is 4.32. The molecule has 3 rings (SSSR count). The van der Waals surface area contributed by atoms with E-state index >= 15 is 0 Å². The molecule has 0 spiro atoms. The summed E-state index contributed by atoms with van der Waals surface area (Å²) in [6, 6.07) is 18.4. The summed E-state index contributed by atoms with van der Waals surface area (Å²) in [4.78, 5) is 4.57. The number of benzene rings is 2. The molecule has 106 valence electrons. The van der Waals surface area contributed by atoms with Crippen molar-refractivity contribution < 1.29 is 4.74 Å². The van der Waals surface area contributed by atoms with Gasteiger partial charge in [-0.3, -0.25) is 4.98 Å². The summed E-state index contributed by atoms with van der Waals surface area (Å²) < 4.78 is 5.31. The van der Waals surface area contributed by atoms with Gasteiger partial charge >= 0.3 is 0 Å². The zero-order chi connectivity index (χ0) is 14.7. The monoisotopic (exact) mass is 278 g/mol. The normalized spacial score (nSPS) is 10.6. The molecule has 0 aliphatic carbocycles. The van der Waals surface area contributed by atoms with Crippen LogP contribution in [0.2, 0.25) is 0 Å². The third kappa shape index (κ3) is 2.97. The summed E-state index contributed by atoms with van der Waals surface area (Å²) in [5, 5.41) is 4.58. The standard InChI is InChI=1S/C18H18N2O/c1-13-10-18(19-12-14-6-4-3-5-7-14)16-11-15(21-2)8-9-17(16)20-13/h3-11H,12H2,1-2H3,(H,19,20). The number of aromatic nitrogens is 1. The predicted octanol–water partition coefficient (Wildman–Crippen LogP) is 4.16. The number of nitrogens with zero attached hydrogens (tertiary/aromatic N) is 1. The van der Waals surface area contributed by atoms with Crippen molar-refractivity contribution in [3.05, 3.63) is 65.9 Å². The van der Waals surface area contributed by atoms with E-state index in [1.165, 1.54) is 5.56 Å². The molecular formula is C18H18N2O. The Bertz CT molecular complexity index is 754. The second kappa shape index (κ2) is 5.83. The zero-order valence-electron chi connectivity index (χ0n) is 12.3. The van der Waals surface area contributed by atoms with Crippen LogP contribution in [-0.2, 0) is 6.54 Å². The Balaban J connectivity index is 1.96. The molecule has 0 radical (unpaired) electrons. The molecule has 3 heteroatoms. The lowest BCUT2D eigenvalue weighted by Gasteiger charge is -2.12. The van der Waals surface area contributed by atoms with Crippen LogP contribution in [0, 0.1) is 6.92 Å². The molecule has 1 N–H and O–H groups in total. The molecule has 1 heterocycles. The summed E-state index contributed by atoms with van der Waals surface area (Å²) in [7, 11) is 1.68. The molecule has 21 heavy (non-hydrogen) atoms. The van der Waals surface area contributed by atoms with Gasteiger partial charge in [0, 0.05) is 23.3 Å². The van der Waals surface area contributed by atoms with Crippen LogP contribution in [0.1, 0.15) is 11.3 Å². The number of rotatable bonds is 4. The Morgan fingerprint density at radius 1 is 1.05 bits per heavy atom. The van der Waals surface area contributed by atoms with Crippen LogP contribution in [0.25, 0.3) is 10.9 Å². The summed E-state index contributed by atoms with van der Waals surface area (Å²) in [5.74, 6) is 0.843. The molecule has 0 fully saturated rings. The Morgan fingerprint density at radius 3 is 2.62 bits per heavy atom. The number of aryl methyl sites for hydroxylation is 1. The summed E-state index contributed by atoms with van der Waals surface area (Å²) in [6.07, 6.45) is 0. The van der Waals surface area contributed by atoms with E-state index in [9.17, 15) is 0 Å². The van der Waals surface area contributed by atoms with E-state index in [2.05, 4.69) is 40.6 Å². The molecule has 0 amide bonds. The SMILES string of the molecule is COc1ccc2nc(C)cc(NCc3ccccc3)c2c1. The van der Waals surface area contributed by atoms with Crippen molar-refractivity contribution in [1.29, 1.82) is 0 Å². The number of methoxy groups -OCH3 is 1. The zero-order valence-corrected chi connectivity index (χ0v) is 12.3. The molecule has 3 nitrogen and oxygen atoms in total. The Labute approximate surface area is 124 Å². The van der Waals surface area contributed by atoms with Crippen LogP contribution < -0.4 is 10.1 Å². The largest absolute Gasteiger partial charge is 0.497 e. The van der Waals surface area contributed by atoms with Crippen molar-refractivity contribution in [2.75, 3.05) is 12.4 Å². The van der Waals surface area contributed by atoms with Crippen molar-refractivity contribution in [2.24, 2.45) is 0 Å². The number of fused-ring (bicyclic) bond motifs is 1.